The summed E-state index contributed by atoms with van der Waals surface area (Å²) in [5, 5.41) is 3.51. The van der Waals surface area contributed by atoms with E-state index in [9.17, 15) is 0 Å². The van der Waals surface area contributed by atoms with Gasteiger partial charge in [0.1, 0.15) is 0 Å². The molecule has 0 bridgehead atoms. The highest BCUT2D eigenvalue weighted by Gasteiger charge is 2.26. The van der Waals surface area contributed by atoms with Crippen LogP contribution >= 0.6 is 0 Å². The molecule has 1 N–H and O–H groups in total. The summed E-state index contributed by atoms with van der Waals surface area (Å²) in [4.78, 5) is 0. The minimum Gasteiger partial charge on any atom is -0.380 e. The second-order valence-corrected chi connectivity index (χ2v) is 5.15. The fraction of sp³-hybridized carbons (Fsp3) is 0.625. The largest absolute Gasteiger partial charge is 0.380 e. The van der Waals surface area contributed by atoms with E-state index < -0.39 is 0 Å². The number of nitrogens with one attached hydrogen (secondary N) is 1. The third kappa shape index (κ3) is 3.56. The molecule has 2 rings (SSSR count). The van der Waals surface area contributed by atoms with Crippen LogP contribution in [0.2, 0.25) is 0 Å². The van der Waals surface area contributed by atoms with E-state index in [0.717, 1.165) is 26.0 Å². The van der Waals surface area contributed by atoms with Crippen LogP contribution in [-0.2, 0) is 15.9 Å². The van der Waals surface area contributed by atoms with Crippen molar-refractivity contribution < 1.29 is 9.47 Å². The number of rotatable bonds is 6. The predicted octanol–water partition coefficient (Wildman–Crippen LogP) is 2.70. The second kappa shape index (κ2) is 7.04. The van der Waals surface area contributed by atoms with Crippen molar-refractivity contribution in [3.05, 3.63) is 35.4 Å². The zero-order chi connectivity index (χ0) is 13.7. The van der Waals surface area contributed by atoms with Crippen LogP contribution in [0.25, 0.3) is 0 Å². The van der Waals surface area contributed by atoms with Crippen LogP contribution in [0.3, 0.4) is 0 Å². The molecule has 0 spiro atoms. The molecule has 0 amide bonds. The van der Waals surface area contributed by atoms with E-state index in [1.807, 2.05) is 0 Å². The molecule has 1 aliphatic rings. The minimum atomic E-state index is 0.187. The van der Waals surface area contributed by atoms with Gasteiger partial charge >= 0.3 is 0 Å². The Morgan fingerprint density at radius 2 is 2.21 bits per heavy atom. The Hall–Kier alpha value is -0.900. The highest BCUT2D eigenvalue weighted by atomic mass is 16.5. The summed E-state index contributed by atoms with van der Waals surface area (Å²) in [6.45, 7) is 6.02. The Morgan fingerprint density at radius 1 is 1.42 bits per heavy atom. The summed E-state index contributed by atoms with van der Waals surface area (Å²) in [5.74, 6) is 0. The molecule has 0 saturated carbocycles. The molecule has 3 nitrogen and oxygen atoms in total. The van der Waals surface area contributed by atoms with Gasteiger partial charge in [0, 0.05) is 13.2 Å². The third-order valence-electron chi connectivity index (χ3n) is 3.97. The number of ether oxygens (including phenoxy) is 2. The van der Waals surface area contributed by atoms with Crippen LogP contribution < -0.4 is 5.32 Å². The number of methoxy groups -OCH3 is 1. The molecule has 0 saturated heterocycles. The van der Waals surface area contributed by atoms with Gasteiger partial charge in [-0.05, 0) is 37.4 Å². The van der Waals surface area contributed by atoms with E-state index >= 15 is 0 Å². The van der Waals surface area contributed by atoms with Gasteiger partial charge in [0.25, 0.3) is 0 Å². The van der Waals surface area contributed by atoms with Gasteiger partial charge in [-0.2, -0.15) is 0 Å². The first-order valence-electron chi connectivity index (χ1n) is 7.21. The lowest BCUT2D eigenvalue weighted by atomic mass is 9.92. The number of fused-ring (bicyclic) bond motifs is 1. The van der Waals surface area contributed by atoms with Gasteiger partial charge in [0.05, 0.1) is 18.8 Å². The van der Waals surface area contributed by atoms with Crippen molar-refractivity contribution in [2.24, 2.45) is 0 Å². The summed E-state index contributed by atoms with van der Waals surface area (Å²) < 4.78 is 11.5. The van der Waals surface area contributed by atoms with Crippen LogP contribution in [0.5, 0.6) is 0 Å². The van der Waals surface area contributed by atoms with E-state index in [-0.39, 0.29) is 12.2 Å². The Labute approximate surface area is 116 Å². The number of likely N-dealkylation sites (N-methyl/N-ethyl adjacent to an activating group) is 1. The molecule has 1 aromatic rings. The van der Waals surface area contributed by atoms with Crippen molar-refractivity contribution in [1.29, 1.82) is 0 Å². The van der Waals surface area contributed by atoms with Crippen LogP contribution in [-0.4, -0.2) is 32.4 Å². The van der Waals surface area contributed by atoms with E-state index in [2.05, 4.69) is 43.4 Å². The highest BCUT2D eigenvalue weighted by Crippen LogP contribution is 2.31. The van der Waals surface area contributed by atoms with Crippen molar-refractivity contribution in [1.82, 2.24) is 5.32 Å². The molecular weight excluding hydrogens is 238 g/mol. The summed E-state index contributed by atoms with van der Waals surface area (Å²) >= 11 is 0. The maximum absolute atomic E-state index is 5.98. The van der Waals surface area contributed by atoms with Crippen LogP contribution in [0.1, 0.15) is 37.5 Å². The van der Waals surface area contributed by atoms with Crippen molar-refractivity contribution in [2.45, 2.75) is 44.9 Å². The Morgan fingerprint density at radius 3 is 2.95 bits per heavy atom. The maximum atomic E-state index is 5.98. The zero-order valence-corrected chi connectivity index (χ0v) is 12.2. The minimum absolute atomic E-state index is 0.187. The third-order valence-corrected chi connectivity index (χ3v) is 3.97. The summed E-state index contributed by atoms with van der Waals surface area (Å²) in [6, 6.07) is 8.95. The SMILES string of the molecule is CCNC(CC1OCCc2ccccc21)C(C)OC. The van der Waals surface area contributed by atoms with Gasteiger partial charge in [-0.3, -0.25) is 0 Å². The molecule has 3 heteroatoms. The summed E-state index contributed by atoms with van der Waals surface area (Å²) in [7, 11) is 1.77. The normalized spacial score (nSPS) is 21.7. The van der Waals surface area contributed by atoms with Crippen molar-refractivity contribution in [3.63, 3.8) is 0 Å². The van der Waals surface area contributed by atoms with E-state index in [1.54, 1.807) is 7.11 Å². The standard InChI is InChI=1S/C16H25NO2/c1-4-17-15(12(2)18-3)11-16-14-8-6-5-7-13(14)9-10-19-16/h5-8,12,15-17H,4,9-11H2,1-3H3. The molecule has 19 heavy (non-hydrogen) atoms. The molecule has 106 valence electrons. The highest BCUT2D eigenvalue weighted by molar-refractivity contribution is 5.31. The predicted molar refractivity (Wildman–Crippen MR) is 77.4 cm³/mol. The average Bonchev–Trinajstić information content (AvgIpc) is 2.46. The summed E-state index contributed by atoms with van der Waals surface area (Å²) in [6.07, 6.45) is 2.36. The van der Waals surface area contributed by atoms with Crippen LogP contribution in [0.4, 0.5) is 0 Å². The molecule has 0 radical (unpaired) electrons. The molecule has 0 aliphatic carbocycles. The second-order valence-electron chi connectivity index (χ2n) is 5.15. The van der Waals surface area contributed by atoms with Gasteiger partial charge in [0.15, 0.2) is 0 Å². The van der Waals surface area contributed by atoms with E-state index in [1.165, 1.54) is 11.1 Å². The Balaban J connectivity index is 2.10. The van der Waals surface area contributed by atoms with Crippen LogP contribution in [0, 0.1) is 0 Å². The average molecular weight is 263 g/mol. The monoisotopic (exact) mass is 263 g/mol. The number of hydrogen-bond donors (Lipinski definition) is 1. The molecule has 1 heterocycles. The number of hydrogen-bond acceptors (Lipinski definition) is 3. The van der Waals surface area contributed by atoms with Gasteiger partial charge in [0.2, 0.25) is 0 Å². The van der Waals surface area contributed by atoms with Gasteiger partial charge < -0.3 is 14.8 Å². The van der Waals surface area contributed by atoms with Gasteiger partial charge in [-0.1, -0.05) is 31.2 Å². The maximum Gasteiger partial charge on any atom is 0.0843 e. The first-order chi connectivity index (χ1) is 9.26. The van der Waals surface area contributed by atoms with Crippen molar-refractivity contribution in [3.8, 4) is 0 Å². The lowest BCUT2D eigenvalue weighted by Crippen LogP contribution is -2.41. The van der Waals surface area contributed by atoms with Gasteiger partial charge in [-0.15, -0.1) is 0 Å². The van der Waals surface area contributed by atoms with Crippen molar-refractivity contribution in [2.75, 3.05) is 20.3 Å². The Kier molecular flexibility index (Phi) is 5.37. The molecule has 0 aromatic heterocycles. The molecule has 1 aliphatic heterocycles. The molecule has 1 aromatic carbocycles. The lowest BCUT2D eigenvalue weighted by Gasteiger charge is -2.31. The van der Waals surface area contributed by atoms with Crippen molar-refractivity contribution >= 4 is 0 Å². The quantitative estimate of drug-likeness (QED) is 0.856. The lowest BCUT2D eigenvalue weighted by molar-refractivity contribution is 0.00646. The van der Waals surface area contributed by atoms with E-state index in [4.69, 9.17) is 9.47 Å². The first kappa shape index (κ1) is 14.5. The fourth-order valence-corrected chi connectivity index (χ4v) is 2.77. The van der Waals surface area contributed by atoms with Crippen LogP contribution in [0.15, 0.2) is 24.3 Å². The summed E-state index contributed by atoms with van der Waals surface area (Å²) in [5.41, 5.74) is 2.78. The smallest absolute Gasteiger partial charge is 0.0843 e. The molecular formula is C16H25NO2. The number of benzene rings is 1. The Bertz CT molecular complexity index is 394. The fourth-order valence-electron chi connectivity index (χ4n) is 2.77. The zero-order valence-electron chi connectivity index (χ0n) is 12.2. The van der Waals surface area contributed by atoms with E-state index in [0.29, 0.717) is 6.04 Å². The van der Waals surface area contributed by atoms with Gasteiger partial charge in [-0.25, -0.2) is 0 Å². The molecule has 0 fully saturated rings. The molecule has 3 unspecified atom stereocenters. The molecule has 3 atom stereocenters. The first-order valence-corrected chi connectivity index (χ1v) is 7.21. The topological polar surface area (TPSA) is 30.5 Å².